The maximum Gasteiger partial charge on any atom is 0.229 e. The number of benzene rings is 2. The van der Waals surface area contributed by atoms with Gasteiger partial charge in [-0.1, -0.05) is 12.1 Å². The SMILES string of the molecule is CNCOc1ccc(NCOc2ccccc2NS(C)(=O)=O)cc1NS(C)(=O)=O. The Bertz CT molecular complexity index is 1040. The molecule has 160 valence electrons. The molecule has 0 aromatic heterocycles. The Morgan fingerprint density at radius 2 is 1.38 bits per heavy atom. The van der Waals surface area contributed by atoms with Gasteiger partial charge in [0.15, 0.2) is 6.73 Å². The van der Waals surface area contributed by atoms with Crippen LogP contribution in [0, 0.1) is 0 Å². The van der Waals surface area contributed by atoms with Gasteiger partial charge < -0.3 is 14.8 Å². The fourth-order valence-corrected chi connectivity index (χ4v) is 3.40. The number of anilines is 3. The van der Waals surface area contributed by atoms with Gasteiger partial charge >= 0.3 is 0 Å². The van der Waals surface area contributed by atoms with Crippen molar-refractivity contribution in [3.8, 4) is 11.5 Å². The second-order valence-electron chi connectivity index (χ2n) is 6.06. The highest BCUT2D eigenvalue weighted by Gasteiger charge is 2.11. The van der Waals surface area contributed by atoms with Crippen LogP contribution >= 0.6 is 0 Å². The zero-order valence-corrected chi connectivity index (χ0v) is 17.9. The van der Waals surface area contributed by atoms with Gasteiger partial charge in [-0.25, -0.2) is 16.8 Å². The highest BCUT2D eigenvalue weighted by molar-refractivity contribution is 7.92. The van der Waals surface area contributed by atoms with Gasteiger partial charge in [0.25, 0.3) is 0 Å². The number of sulfonamides is 2. The van der Waals surface area contributed by atoms with Crippen molar-refractivity contribution < 1.29 is 26.3 Å². The Morgan fingerprint density at radius 1 is 0.793 bits per heavy atom. The summed E-state index contributed by atoms with van der Waals surface area (Å²) in [6, 6.07) is 11.5. The minimum Gasteiger partial charge on any atom is -0.476 e. The van der Waals surface area contributed by atoms with Crippen LogP contribution < -0.4 is 29.6 Å². The Labute approximate surface area is 170 Å². The zero-order chi connectivity index (χ0) is 21.5. The van der Waals surface area contributed by atoms with E-state index in [-0.39, 0.29) is 19.1 Å². The summed E-state index contributed by atoms with van der Waals surface area (Å²) in [5, 5.41) is 5.80. The third kappa shape index (κ3) is 8.05. The van der Waals surface area contributed by atoms with Crippen molar-refractivity contribution in [3.63, 3.8) is 0 Å². The van der Waals surface area contributed by atoms with Crippen LogP contribution in [0.3, 0.4) is 0 Å². The molecule has 0 unspecified atom stereocenters. The smallest absolute Gasteiger partial charge is 0.229 e. The molecule has 4 N–H and O–H groups in total. The van der Waals surface area contributed by atoms with Crippen LogP contribution in [0.2, 0.25) is 0 Å². The van der Waals surface area contributed by atoms with Gasteiger partial charge in [0.1, 0.15) is 18.2 Å². The van der Waals surface area contributed by atoms with E-state index in [0.717, 1.165) is 12.5 Å². The van der Waals surface area contributed by atoms with E-state index in [1.165, 1.54) is 0 Å². The maximum absolute atomic E-state index is 11.6. The van der Waals surface area contributed by atoms with Gasteiger partial charge in [0.05, 0.1) is 23.9 Å². The molecule has 2 aromatic rings. The quantitative estimate of drug-likeness (QED) is 0.382. The molecule has 0 spiro atoms. The number of nitrogens with one attached hydrogen (secondary N) is 4. The minimum absolute atomic E-state index is 0.0114. The summed E-state index contributed by atoms with van der Waals surface area (Å²) >= 11 is 0. The molecule has 0 saturated heterocycles. The third-order valence-electron chi connectivity index (χ3n) is 3.33. The first-order valence-corrected chi connectivity index (χ1v) is 12.2. The molecule has 0 aliphatic carbocycles. The van der Waals surface area contributed by atoms with Gasteiger partial charge in [-0.2, -0.15) is 0 Å². The van der Waals surface area contributed by atoms with Crippen LogP contribution in [-0.4, -0.2) is 49.9 Å². The van der Waals surface area contributed by atoms with E-state index in [1.807, 2.05) is 0 Å². The van der Waals surface area contributed by atoms with Gasteiger partial charge in [0, 0.05) is 5.69 Å². The van der Waals surface area contributed by atoms with E-state index < -0.39 is 20.0 Å². The van der Waals surface area contributed by atoms with Crippen LogP contribution in [0.25, 0.3) is 0 Å². The van der Waals surface area contributed by atoms with E-state index in [0.29, 0.717) is 22.9 Å². The molecule has 0 fully saturated rings. The molecule has 0 aliphatic heterocycles. The standard InChI is InChI=1S/C17H24N4O6S2/c1-18-11-26-17-9-8-13(10-15(17)21-29(3,24)25)19-12-27-16-7-5-4-6-14(16)20-28(2,22)23/h4-10,18-21H,11-12H2,1-3H3. The first kappa shape index (κ1) is 22.6. The summed E-state index contributed by atoms with van der Waals surface area (Å²) in [7, 11) is -5.25. The van der Waals surface area contributed by atoms with Crippen molar-refractivity contribution in [2.45, 2.75) is 0 Å². The van der Waals surface area contributed by atoms with Crippen LogP contribution in [0.5, 0.6) is 11.5 Å². The molecule has 0 atom stereocenters. The fourth-order valence-electron chi connectivity index (χ4n) is 2.27. The van der Waals surface area contributed by atoms with Crippen molar-refractivity contribution >= 4 is 37.1 Å². The summed E-state index contributed by atoms with van der Waals surface area (Å²) < 4.78 is 62.0. The summed E-state index contributed by atoms with van der Waals surface area (Å²) in [5.74, 6) is 0.702. The lowest BCUT2D eigenvalue weighted by Gasteiger charge is -2.16. The second kappa shape index (κ2) is 9.67. The molecule has 0 bridgehead atoms. The summed E-state index contributed by atoms with van der Waals surface area (Å²) in [5.41, 5.74) is 1.15. The fraction of sp³-hybridized carbons (Fsp3) is 0.294. The lowest BCUT2D eigenvalue weighted by Crippen LogP contribution is -2.17. The van der Waals surface area contributed by atoms with Gasteiger partial charge in [0.2, 0.25) is 20.0 Å². The van der Waals surface area contributed by atoms with Crippen molar-refractivity contribution in [2.24, 2.45) is 0 Å². The van der Waals surface area contributed by atoms with Gasteiger partial charge in [-0.15, -0.1) is 0 Å². The number of para-hydroxylation sites is 2. The Balaban J connectivity index is 2.10. The van der Waals surface area contributed by atoms with Crippen molar-refractivity contribution in [2.75, 3.05) is 47.8 Å². The molecule has 0 saturated carbocycles. The average molecular weight is 445 g/mol. The summed E-state index contributed by atoms with van der Waals surface area (Å²) in [4.78, 5) is 0. The van der Waals surface area contributed by atoms with Gasteiger partial charge in [-0.05, 0) is 37.4 Å². The molecule has 2 aromatic carbocycles. The summed E-state index contributed by atoms with van der Waals surface area (Å²) in [6.07, 6.45) is 2.10. The van der Waals surface area contributed by atoms with E-state index in [9.17, 15) is 16.8 Å². The largest absolute Gasteiger partial charge is 0.476 e. The lowest BCUT2D eigenvalue weighted by atomic mass is 10.2. The minimum atomic E-state index is -3.50. The Hall–Kier alpha value is -2.70. The third-order valence-corrected chi connectivity index (χ3v) is 4.51. The predicted octanol–water partition coefficient (Wildman–Crippen LogP) is 1.43. The molecule has 29 heavy (non-hydrogen) atoms. The maximum atomic E-state index is 11.6. The van der Waals surface area contributed by atoms with Crippen LogP contribution in [0.4, 0.5) is 17.1 Å². The lowest BCUT2D eigenvalue weighted by molar-refractivity contribution is 0.297. The van der Waals surface area contributed by atoms with E-state index in [4.69, 9.17) is 9.47 Å². The first-order valence-electron chi connectivity index (χ1n) is 8.40. The summed E-state index contributed by atoms with van der Waals surface area (Å²) in [6.45, 7) is 0.218. The average Bonchev–Trinajstić information content (AvgIpc) is 2.60. The highest BCUT2D eigenvalue weighted by Crippen LogP contribution is 2.29. The molecular weight excluding hydrogens is 420 g/mol. The molecule has 10 nitrogen and oxygen atoms in total. The van der Waals surface area contributed by atoms with Crippen molar-refractivity contribution in [1.29, 1.82) is 0 Å². The molecule has 0 heterocycles. The van der Waals surface area contributed by atoms with Crippen molar-refractivity contribution in [1.82, 2.24) is 5.32 Å². The van der Waals surface area contributed by atoms with Crippen LogP contribution in [0.15, 0.2) is 42.5 Å². The van der Waals surface area contributed by atoms with Crippen molar-refractivity contribution in [3.05, 3.63) is 42.5 Å². The Morgan fingerprint density at radius 3 is 2.03 bits per heavy atom. The molecule has 2 rings (SSSR count). The number of rotatable bonds is 11. The second-order valence-corrected chi connectivity index (χ2v) is 9.56. The van der Waals surface area contributed by atoms with E-state index in [2.05, 4.69) is 20.1 Å². The normalized spacial score (nSPS) is 11.6. The molecule has 0 radical (unpaired) electrons. The number of hydrogen-bond donors (Lipinski definition) is 4. The highest BCUT2D eigenvalue weighted by atomic mass is 32.2. The number of ether oxygens (including phenoxy) is 2. The predicted molar refractivity (Wildman–Crippen MR) is 113 cm³/mol. The number of hydrogen-bond acceptors (Lipinski definition) is 8. The Kier molecular flexibility index (Phi) is 7.53. The monoisotopic (exact) mass is 444 g/mol. The molecule has 0 amide bonds. The molecular formula is C17H24N4O6S2. The van der Waals surface area contributed by atoms with Crippen LogP contribution in [-0.2, 0) is 20.0 Å². The van der Waals surface area contributed by atoms with Crippen LogP contribution in [0.1, 0.15) is 0 Å². The van der Waals surface area contributed by atoms with Gasteiger partial charge in [-0.3, -0.25) is 14.8 Å². The molecule has 12 heteroatoms. The topological polar surface area (TPSA) is 135 Å². The van der Waals surface area contributed by atoms with E-state index >= 15 is 0 Å². The first-order chi connectivity index (χ1) is 13.6. The zero-order valence-electron chi connectivity index (χ0n) is 16.2. The van der Waals surface area contributed by atoms with E-state index in [1.54, 1.807) is 49.5 Å². The molecule has 0 aliphatic rings.